The van der Waals surface area contributed by atoms with E-state index < -0.39 is 9.96 Å². The second-order valence-corrected chi connectivity index (χ2v) is 8.60. The molecule has 8 heteroatoms. The average molecular weight is 504 g/mol. The molecule has 1 amide bonds. The highest BCUT2D eigenvalue weighted by Gasteiger charge is 2.34. The minimum Gasteiger partial charge on any atom is -0.361 e. The number of carbonyl (C=O) groups excluding carboxylic acids is 1. The summed E-state index contributed by atoms with van der Waals surface area (Å²) in [5.41, 5.74) is 1.02. The lowest BCUT2D eigenvalue weighted by Crippen LogP contribution is -2.49. The molecule has 2 aromatic rings. The van der Waals surface area contributed by atoms with Crippen LogP contribution in [0.4, 0.5) is 5.69 Å². The van der Waals surface area contributed by atoms with Gasteiger partial charge in [0.15, 0.2) is 0 Å². The summed E-state index contributed by atoms with van der Waals surface area (Å²) in [6, 6.07) is 14.1. The van der Waals surface area contributed by atoms with Crippen molar-refractivity contribution >= 4 is 80.6 Å². The van der Waals surface area contributed by atoms with E-state index in [9.17, 15) is 4.79 Å². The van der Waals surface area contributed by atoms with Crippen LogP contribution in [-0.2, 0) is 0 Å². The number of hydrogen-bond donors (Lipinski definition) is 2. The van der Waals surface area contributed by atoms with E-state index in [2.05, 4.69) is 33.2 Å². The molecule has 0 heterocycles. The molecule has 0 aliphatic rings. The molecule has 0 spiro atoms. The number of alkyl halides is 3. The fourth-order valence-electron chi connectivity index (χ4n) is 1.78. The molecule has 0 saturated heterocycles. The van der Waals surface area contributed by atoms with E-state index >= 15 is 0 Å². The topological polar surface area (TPSA) is 41.1 Å². The van der Waals surface area contributed by atoms with Crippen LogP contribution in [0.1, 0.15) is 10.4 Å². The van der Waals surface area contributed by atoms with Gasteiger partial charge in [-0.25, -0.2) is 0 Å². The van der Waals surface area contributed by atoms with E-state index in [1.807, 2.05) is 6.07 Å². The van der Waals surface area contributed by atoms with Crippen LogP contribution in [0, 0.1) is 3.57 Å². The number of anilines is 1. The summed E-state index contributed by atoms with van der Waals surface area (Å²) < 4.78 is -0.837. The van der Waals surface area contributed by atoms with Crippen molar-refractivity contribution in [3.05, 3.63) is 62.7 Å². The van der Waals surface area contributed by atoms with Crippen LogP contribution in [0.5, 0.6) is 0 Å². The Bertz CT molecular complexity index is 706. The molecule has 3 nitrogen and oxygen atoms in total. The standard InChI is InChI=1S/C15H11Cl4IN2O/c16-11-6-1-2-7-12(11)21-14(15(17,18)19)22-13(23)9-4-3-5-10(20)8-9/h1-8,14,21H,(H,22,23)/t14-/m1/s1. The van der Waals surface area contributed by atoms with Crippen LogP contribution < -0.4 is 10.6 Å². The number of rotatable bonds is 4. The van der Waals surface area contributed by atoms with E-state index in [0.717, 1.165) is 3.57 Å². The van der Waals surface area contributed by atoms with Gasteiger partial charge in [0.1, 0.15) is 6.17 Å². The number of para-hydroxylation sites is 1. The summed E-state index contributed by atoms with van der Waals surface area (Å²) >= 11 is 26.1. The van der Waals surface area contributed by atoms with Crippen LogP contribution in [-0.4, -0.2) is 15.9 Å². The molecule has 0 aliphatic heterocycles. The predicted molar refractivity (Wildman–Crippen MR) is 106 cm³/mol. The van der Waals surface area contributed by atoms with Crippen molar-refractivity contribution in [1.82, 2.24) is 5.32 Å². The molecule has 122 valence electrons. The first-order chi connectivity index (χ1) is 10.8. The molecular weight excluding hydrogens is 493 g/mol. The number of benzene rings is 2. The van der Waals surface area contributed by atoms with Gasteiger partial charge in [-0.3, -0.25) is 4.79 Å². The summed E-state index contributed by atoms with van der Waals surface area (Å²) in [5, 5.41) is 6.06. The Morgan fingerprint density at radius 3 is 2.39 bits per heavy atom. The van der Waals surface area contributed by atoms with Gasteiger partial charge in [0.2, 0.25) is 3.79 Å². The Morgan fingerprint density at radius 2 is 1.78 bits per heavy atom. The number of carbonyl (C=O) groups is 1. The quantitative estimate of drug-likeness (QED) is 0.329. The summed E-state index contributed by atoms with van der Waals surface area (Å²) in [7, 11) is 0. The van der Waals surface area contributed by atoms with Crippen molar-refractivity contribution in [2.45, 2.75) is 9.96 Å². The number of amides is 1. The van der Waals surface area contributed by atoms with Gasteiger partial charge in [0.25, 0.3) is 5.91 Å². The molecule has 0 radical (unpaired) electrons. The lowest BCUT2D eigenvalue weighted by molar-refractivity contribution is 0.0942. The highest BCUT2D eigenvalue weighted by molar-refractivity contribution is 14.1. The first-order valence-corrected chi connectivity index (χ1v) is 9.00. The summed E-state index contributed by atoms with van der Waals surface area (Å²) in [6.07, 6.45) is -0.960. The zero-order chi connectivity index (χ0) is 17.0. The maximum absolute atomic E-state index is 12.4. The van der Waals surface area contributed by atoms with Gasteiger partial charge < -0.3 is 10.6 Å². The Morgan fingerprint density at radius 1 is 1.09 bits per heavy atom. The second-order valence-electron chi connectivity index (χ2n) is 4.58. The normalized spacial score (nSPS) is 12.6. The first-order valence-electron chi connectivity index (χ1n) is 6.41. The lowest BCUT2D eigenvalue weighted by Gasteiger charge is -2.27. The summed E-state index contributed by atoms with van der Waals surface area (Å²) in [4.78, 5) is 12.4. The first kappa shape index (κ1) is 18.9. The maximum Gasteiger partial charge on any atom is 0.253 e. The Hall–Kier alpha value is -0.400. The van der Waals surface area contributed by atoms with Gasteiger partial charge in [-0.15, -0.1) is 0 Å². The molecule has 0 saturated carbocycles. The molecule has 1 atom stereocenters. The molecule has 0 aromatic heterocycles. The van der Waals surface area contributed by atoms with Crippen molar-refractivity contribution in [3.63, 3.8) is 0 Å². The average Bonchev–Trinajstić information content (AvgIpc) is 2.47. The molecule has 0 aliphatic carbocycles. The van der Waals surface area contributed by atoms with E-state index in [0.29, 0.717) is 16.3 Å². The van der Waals surface area contributed by atoms with Crippen LogP contribution in [0.2, 0.25) is 5.02 Å². The third kappa shape index (κ3) is 5.57. The Balaban J connectivity index is 2.20. The molecule has 0 bridgehead atoms. The Labute approximate surface area is 167 Å². The second kappa shape index (κ2) is 8.12. The molecule has 0 fully saturated rings. The molecule has 0 unspecified atom stereocenters. The fourth-order valence-corrected chi connectivity index (χ4v) is 2.84. The third-order valence-corrected chi connectivity index (χ3v) is 4.52. The Kier molecular flexibility index (Phi) is 6.68. The van der Waals surface area contributed by atoms with Crippen molar-refractivity contribution in [1.29, 1.82) is 0 Å². The van der Waals surface area contributed by atoms with Crippen molar-refractivity contribution in [3.8, 4) is 0 Å². The van der Waals surface area contributed by atoms with E-state index in [4.69, 9.17) is 46.4 Å². The number of nitrogens with one attached hydrogen (secondary N) is 2. The van der Waals surface area contributed by atoms with E-state index in [-0.39, 0.29) is 5.91 Å². The zero-order valence-corrected chi connectivity index (χ0v) is 16.7. The highest BCUT2D eigenvalue weighted by Crippen LogP contribution is 2.32. The smallest absolute Gasteiger partial charge is 0.253 e. The van der Waals surface area contributed by atoms with Gasteiger partial charge >= 0.3 is 0 Å². The summed E-state index contributed by atoms with van der Waals surface area (Å²) in [6.45, 7) is 0. The SMILES string of the molecule is O=C(N[C@@H](Nc1ccccc1Cl)C(Cl)(Cl)Cl)c1cccc(I)c1. The van der Waals surface area contributed by atoms with Gasteiger partial charge in [0.05, 0.1) is 10.7 Å². The molecular formula is C15H11Cl4IN2O. The predicted octanol–water partition coefficient (Wildman–Crippen LogP) is 5.48. The van der Waals surface area contributed by atoms with Crippen molar-refractivity contribution in [2.24, 2.45) is 0 Å². The monoisotopic (exact) mass is 502 g/mol. The largest absolute Gasteiger partial charge is 0.361 e. The van der Waals surface area contributed by atoms with Gasteiger partial charge in [-0.1, -0.05) is 64.6 Å². The summed E-state index contributed by atoms with van der Waals surface area (Å²) in [5.74, 6) is -0.362. The fraction of sp³-hybridized carbons (Fsp3) is 0.133. The minimum atomic E-state index is -1.77. The molecule has 2 aromatic carbocycles. The van der Waals surface area contributed by atoms with Gasteiger partial charge in [-0.05, 0) is 52.9 Å². The van der Waals surface area contributed by atoms with E-state index in [1.54, 1.807) is 42.5 Å². The number of halogens is 5. The number of hydrogen-bond acceptors (Lipinski definition) is 2. The molecule has 2 rings (SSSR count). The van der Waals surface area contributed by atoms with Crippen LogP contribution in [0.3, 0.4) is 0 Å². The molecule has 2 N–H and O–H groups in total. The van der Waals surface area contributed by atoms with Crippen molar-refractivity contribution in [2.75, 3.05) is 5.32 Å². The van der Waals surface area contributed by atoms with Crippen LogP contribution in [0.25, 0.3) is 0 Å². The third-order valence-electron chi connectivity index (χ3n) is 2.86. The van der Waals surface area contributed by atoms with E-state index in [1.165, 1.54) is 0 Å². The highest BCUT2D eigenvalue weighted by atomic mass is 127. The van der Waals surface area contributed by atoms with Crippen LogP contribution in [0.15, 0.2) is 48.5 Å². The molecule has 23 heavy (non-hydrogen) atoms. The van der Waals surface area contributed by atoms with Gasteiger partial charge in [0, 0.05) is 9.13 Å². The van der Waals surface area contributed by atoms with Gasteiger partial charge in [-0.2, -0.15) is 0 Å². The van der Waals surface area contributed by atoms with Crippen molar-refractivity contribution < 1.29 is 4.79 Å². The van der Waals surface area contributed by atoms with Crippen LogP contribution >= 0.6 is 69.0 Å². The zero-order valence-electron chi connectivity index (χ0n) is 11.5. The minimum absolute atomic E-state index is 0.362. The lowest BCUT2D eigenvalue weighted by atomic mass is 10.2. The maximum atomic E-state index is 12.4.